The van der Waals surface area contributed by atoms with Crippen LogP contribution >= 0.6 is 38.6 Å². The first-order valence-electron chi connectivity index (χ1n) is 5.01. The van der Waals surface area contributed by atoms with E-state index < -0.39 is 6.10 Å². The molecule has 3 rings (SSSR count). The summed E-state index contributed by atoms with van der Waals surface area (Å²) < 4.78 is 1.97. The molecule has 0 saturated carbocycles. The van der Waals surface area contributed by atoms with Crippen molar-refractivity contribution in [3.05, 3.63) is 50.2 Å². The molecule has 0 aliphatic heterocycles. The normalized spacial score (nSPS) is 13.1. The van der Waals surface area contributed by atoms with Gasteiger partial charge in [0.25, 0.3) is 0 Å². The molecule has 0 saturated heterocycles. The number of aliphatic hydroxyl groups excluding tert-OH is 1. The number of aromatic nitrogens is 1. The molecule has 0 bridgehead atoms. The van der Waals surface area contributed by atoms with E-state index in [9.17, 15) is 5.11 Å². The fraction of sp³-hybridized carbons (Fsp3) is 0.0833. The summed E-state index contributed by atoms with van der Waals surface area (Å²) in [4.78, 5) is 4.26. The molecule has 1 aromatic carbocycles. The minimum absolute atomic E-state index is 0.637. The number of hydrogen-bond acceptors (Lipinski definition) is 4. The van der Waals surface area contributed by atoms with Crippen molar-refractivity contribution in [2.45, 2.75) is 6.10 Å². The summed E-state index contributed by atoms with van der Waals surface area (Å²) in [6.07, 6.45) is -0.637. The van der Waals surface area contributed by atoms with Crippen LogP contribution in [0.3, 0.4) is 0 Å². The van der Waals surface area contributed by atoms with E-state index in [0.717, 1.165) is 20.6 Å². The monoisotopic (exact) mass is 325 g/mol. The summed E-state index contributed by atoms with van der Waals surface area (Å²) in [5.74, 6) is 0. The number of fused-ring (bicyclic) bond motifs is 1. The zero-order valence-corrected chi connectivity index (χ0v) is 11.8. The molecule has 1 unspecified atom stereocenters. The van der Waals surface area contributed by atoms with Gasteiger partial charge in [0.15, 0.2) is 0 Å². The molecule has 0 amide bonds. The van der Waals surface area contributed by atoms with Gasteiger partial charge in [0.1, 0.15) is 15.7 Å². The Morgan fingerprint density at radius 2 is 2.00 bits per heavy atom. The highest BCUT2D eigenvalue weighted by Crippen LogP contribution is 2.34. The summed E-state index contributed by atoms with van der Waals surface area (Å²) in [5, 5.41) is 16.0. The summed E-state index contributed by atoms with van der Waals surface area (Å²) >= 11 is 6.41. The Morgan fingerprint density at radius 3 is 2.76 bits per heavy atom. The van der Waals surface area contributed by atoms with Crippen molar-refractivity contribution in [1.29, 1.82) is 0 Å². The first kappa shape index (κ1) is 11.3. The molecule has 0 radical (unpaired) electrons. The third-order valence-electron chi connectivity index (χ3n) is 2.53. The molecule has 2 nitrogen and oxygen atoms in total. The standard InChI is InChI=1S/C12H8BrNOS2/c13-10-6-17-12(14-10)11(15)8-5-16-9-4-2-1-3-7(8)9/h1-6,11,15H. The molecule has 1 atom stereocenters. The Morgan fingerprint density at radius 1 is 1.18 bits per heavy atom. The molecule has 2 aromatic heterocycles. The van der Waals surface area contributed by atoms with Gasteiger partial charge in [-0.15, -0.1) is 22.7 Å². The molecule has 0 aliphatic rings. The highest BCUT2D eigenvalue weighted by Gasteiger charge is 2.17. The van der Waals surface area contributed by atoms with Crippen molar-refractivity contribution >= 4 is 48.7 Å². The number of aliphatic hydroxyl groups is 1. The van der Waals surface area contributed by atoms with E-state index in [-0.39, 0.29) is 0 Å². The van der Waals surface area contributed by atoms with E-state index in [4.69, 9.17) is 0 Å². The average molecular weight is 326 g/mol. The number of nitrogens with zero attached hydrogens (tertiary/aromatic N) is 1. The van der Waals surface area contributed by atoms with Crippen LogP contribution in [0.5, 0.6) is 0 Å². The van der Waals surface area contributed by atoms with Crippen LogP contribution < -0.4 is 0 Å². The van der Waals surface area contributed by atoms with E-state index in [1.807, 2.05) is 29.0 Å². The maximum atomic E-state index is 10.3. The third kappa shape index (κ3) is 2.04. The summed E-state index contributed by atoms with van der Waals surface area (Å²) in [6, 6.07) is 8.10. The fourth-order valence-corrected chi connectivity index (χ4v) is 3.98. The van der Waals surface area contributed by atoms with Crippen LogP contribution in [0.15, 0.2) is 39.6 Å². The number of hydrogen-bond donors (Lipinski definition) is 1. The number of benzene rings is 1. The van der Waals surface area contributed by atoms with E-state index in [1.54, 1.807) is 11.3 Å². The van der Waals surface area contributed by atoms with Crippen molar-refractivity contribution in [2.24, 2.45) is 0 Å². The van der Waals surface area contributed by atoms with Gasteiger partial charge in [-0.2, -0.15) is 0 Å². The molecular formula is C12H8BrNOS2. The second kappa shape index (κ2) is 4.49. The molecule has 0 aliphatic carbocycles. The number of rotatable bonds is 2. The number of thiophene rings is 1. The molecule has 17 heavy (non-hydrogen) atoms. The number of thiazole rings is 1. The highest BCUT2D eigenvalue weighted by atomic mass is 79.9. The van der Waals surface area contributed by atoms with Gasteiger partial charge >= 0.3 is 0 Å². The SMILES string of the molecule is OC(c1nc(Br)cs1)c1csc2ccccc12. The van der Waals surface area contributed by atoms with Crippen molar-refractivity contribution < 1.29 is 5.11 Å². The van der Waals surface area contributed by atoms with Crippen LogP contribution in [0.25, 0.3) is 10.1 Å². The lowest BCUT2D eigenvalue weighted by molar-refractivity contribution is 0.221. The van der Waals surface area contributed by atoms with Gasteiger partial charge < -0.3 is 5.11 Å². The lowest BCUT2D eigenvalue weighted by atomic mass is 10.1. The Hall–Kier alpha value is -0.750. The Balaban J connectivity index is 2.09. The van der Waals surface area contributed by atoms with Crippen molar-refractivity contribution in [3.63, 3.8) is 0 Å². The van der Waals surface area contributed by atoms with Gasteiger partial charge in [-0.3, -0.25) is 0 Å². The van der Waals surface area contributed by atoms with Crippen molar-refractivity contribution in [2.75, 3.05) is 0 Å². The fourth-order valence-electron chi connectivity index (χ4n) is 1.74. The Bertz CT molecular complexity index is 661. The lowest BCUT2D eigenvalue weighted by Gasteiger charge is -2.05. The summed E-state index contributed by atoms with van der Waals surface area (Å²) in [5.41, 5.74) is 0.937. The third-order valence-corrected chi connectivity index (χ3v) is 5.12. The van der Waals surface area contributed by atoms with Crippen LogP contribution in [0.2, 0.25) is 0 Å². The Labute approximate surface area is 115 Å². The largest absolute Gasteiger partial charge is 0.381 e. The quantitative estimate of drug-likeness (QED) is 0.765. The van der Waals surface area contributed by atoms with E-state index in [1.165, 1.54) is 16.0 Å². The van der Waals surface area contributed by atoms with Crippen molar-refractivity contribution in [1.82, 2.24) is 4.98 Å². The minimum atomic E-state index is -0.637. The average Bonchev–Trinajstić information content (AvgIpc) is 2.94. The molecule has 0 fully saturated rings. The molecule has 3 aromatic rings. The molecule has 2 heterocycles. The smallest absolute Gasteiger partial charge is 0.132 e. The van der Waals surface area contributed by atoms with Gasteiger partial charge in [-0.25, -0.2) is 4.98 Å². The first-order chi connectivity index (χ1) is 8.25. The zero-order valence-electron chi connectivity index (χ0n) is 8.63. The van der Waals surface area contributed by atoms with Gasteiger partial charge in [0, 0.05) is 15.6 Å². The van der Waals surface area contributed by atoms with Gasteiger partial charge in [0.2, 0.25) is 0 Å². The van der Waals surface area contributed by atoms with E-state index in [2.05, 4.69) is 27.0 Å². The second-order valence-corrected chi connectivity index (χ2v) is 6.21. The first-order valence-corrected chi connectivity index (χ1v) is 7.56. The van der Waals surface area contributed by atoms with E-state index in [0.29, 0.717) is 0 Å². The van der Waals surface area contributed by atoms with Crippen molar-refractivity contribution in [3.8, 4) is 0 Å². The van der Waals surface area contributed by atoms with Gasteiger partial charge in [0.05, 0.1) is 0 Å². The van der Waals surface area contributed by atoms with Crippen LogP contribution in [0.4, 0.5) is 0 Å². The molecule has 5 heteroatoms. The maximum absolute atomic E-state index is 10.3. The predicted molar refractivity (Wildman–Crippen MR) is 75.7 cm³/mol. The summed E-state index contributed by atoms with van der Waals surface area (Å²) in [7, 11) is 0. The van der Waals surface area contributed by atoms with Crippen LogP contribution in [-0.2, 0) is 0 Å². The topological polar surface area (TPSA) is 33.1 Å². The molecule has 0 spiro atoms. The van der Waals surface area contributed by atoms with Crippen LogP contribution in [0, 0.1) is 0 Å². The molecule has 1 N–H and O–H groups in total. The predicted octanol–water partition coefficient (Wildman–Crippen LogP) is 4.20. The Kier molecular flexibility index (Phi) is 3.00. The lowest BCUT2D eigenvalue weighted by Crippen LogP contribution is -1.97. The van der Waals surface area contributed by atoms with E-state index >= 15 is 0 Å². The summed E-state index contributed by atoms with van der Waals surface area (Å²) in [6.45, 7) is 0. The van der Waals surface area contributed by atoms with Crippen LogP contribution in [-0.4, -0.2) is 10.1 Å². The number of halogens is 1. The zero-order chi connectivity index (χ0) is 11.8. The molecular weight excluding hydrogens is 318 g/mol. The minimum Gasteiger partial charge on any atom is -0.381 e. The highest BCUT2D eigenvalue weighted by molar-refractivity contribution is 9.10. The maximum Gasteiger partial charge on any atom is 0.132 e. The van der Waals surface area contributed by atoms with Gasteiger partial charge in [-0.1, -0.05) is 18.2 Å². The second-order valence-electron chi connectivity index (χ2n) is 3.60. The molecule has 86 valence electrons. The van der Waals surface area contributed by atoms with Crippen LogP contribution in [0.1, 0.15) is 16.7 Å². The van der Waals surface area contributed by atoms with Gasteiger partial charge in [-0.05, 0) is 32.8 Å².